The van der Waals surface area contributed by atoms with Crippen molar-refractivity contribution in [1.29, 1.82) is 0 Å². The van der Waals surface area contributed by atoms with Crippen LogP contribution in [0.4, 0.5) is 11.4 Å². The van der Waals surface area contributed by atoms with Crippen molar-refractivity contribution in [2.24, 2.45) is 0 Å². The Hall–Kier alpha value is -2.62. The first-order valence-corrected chi connectivity index (χ1v) is 8.81. The summed E-state index contributed by atoms with van der Waals surface area (Å²) in [6.07, 6.45) is 2.18. The van der Waals surface area contributed by atoms with Gasteiger partial charge in [0.1, 0.15) is 0 Å². The maximum Gasteiger partial charge on any atom is 0.255 e. The summed E-state index contributed by atoms with van der Waals surface area (Å²) in [5.41, 5.74) is 5.79. The Morgan fingerprint density at radius 1 is 1.08 bits per heavy atom. The van der Waals surface area contributed by atoms with E-state index in [2.05, 4.69) is 12.2 Å². The lowest BCUT2D eigenvalue weighted by atomic mass is 10.00. The topological polar surface area (TPSA) is 49.4 Å². The summed E-state index contributed by atoms with van der Waals surface area (Å²) < 4.78 is 0. The zero-order chi connectivity index (χ0) is 18.0. The van der Waals surface area contributed by atoms with E-state index < -0.39 is 0 Å². The summed E-state index contributed by atoms with van der Waals surface area (Å²) in [6.45, 7) is 6.84. The molecule has 0 spiro atoms. The molecule has 0 saturated carbocycles. The molecule has 0 atom stereocenters. The van der Waals surface area contributed by atoms with Gasteiger partial charge in [-0.3, -0.25) is 9.59 Å². The molecule has 2 amide bonds. The Morgan fingerprint density at radius 3 is 2.60 bits per heavy atom. The molecular formula is C21H24N2O2. The normalized spacial score (nSPS) is 13.6. The van der Waals surface area contributed by atoms with Crippen LogP contribution in [0.25, 0.3) is 0 Å². The third-order valence-corrected chi connectivity index (χ3v) is 4.75. The average molecular weight is 336 g/mol. The van der Waals surface area contributed by atoms with E-state index in [1.54, 1.807) is 0 Å². The second-order valence-corrected chi connectivity index (χ2v) is 6.64. The molecule has 0 aromatic heterocycles. The van der Waals surface area contributed by atoms with Gasteiger partial charge in [-0.25, -0.2) is 0 Å². The van der Waals surface area contributed by atoms with Crippen LogP contribution in [0, 0.1) is 13.8 Å². The number of anilines is 2. The van der Waals surface area contributed by atoms with Gasteiger partial charge in [0.05, 0.1) is 0 Å². The molecule has 130 valence electrons. The van der Waals surface area contributed by atoms with Gasteiger partial charge in [0.25, 0.3) is 5.91 Å². The van der Waals surface area contributed by atoms with Crippen molar-refractivity contribution in [3.8, 4) is 0 Å². The Kier molecular flexibility index (Phi) is 4.88. The predicted molar refractivity (Wildman–Crippen MR) is 101 cm³/mol. The molecule has 0 radical (unpaired) electrons. The number of benzene rings is 2. The Bertz CT molecular complexity index is 827. The molecule has 2 aromatic rings. The standard InChI is InChI=1S/C21H24N2O2/c1-4-11-23-19-9-8-18(13-16(19)7-10-20(23)24)22-21(25)17-6-5-14(2)15(3)12-17/h5-6,8-9,12-13H,4,7,10-11H2,1-3H3,(H,22,25). The van der Waals surface area contributed by atoms with E-state index in [0.29, 0.717) is 12.0 Å². The summed E-state index contributed by atoms with van der Waals surface area (Å²) in [4.78, 5) is 26.5. The lowest BCUT2D eigenvalue weighted by Gasteiger charge is -2.29. The highest BCUT2D eigenvalue weighted by atomic mass is 16.2. The van der Waals surface area contributed by atoms with Gasteiger partial charge < -0.3 is 10.2 Å². The van der Waals surface area contributed by atoms with Crippen molar-refractivity contribution in [1.82, 2.24) is 0 Å². The van der Waals surface area contributed by atoms with Gasteiger partial charge in [-0.2, -0.15) is 0 Å². The van der Waals surface area contributed by atoms with Crippen LogP contribution >= 0.6 is 0 Å². The fourth-order valence-electron chi connectivity index (χ4n) is 3.19. The smallest absolute Gasteiger partial charge is 0.255 e. The average Bonchev–Trinajstić information content (AvgIpc) is 2.60. The van der Waals surface area contributed by atoms with Crippen molar-refractivity contribution in [2.75, 3.05) is 16.8 Å². The summed E-state index contributed by atoms with van der Waals surface area (Å²) in [5, 5.41) is 2.97. The molecule has 2 aromatic carbocycles. The van der Waals surface area contributed by atoms with Crippen LogP contribution < -0.4 is 10.2 Å². The van der Waals surface area contributed by atoms with E-state index in [1.807, 2.05) is 55.1 Å². The Morgan fingerprint density at radius 2 is 1.88 bits per heavy atom. The lowest BCUT2D eigenvalue weighted by Crippen LogP contribution is -2.35. The first kappa shape index (κ1) is 17.2. The quantitative estimate of drug-likeness (QED) is 0.907. The number of hydrogen-bond donors (Lipinski definition) is 1. The number of rotatable bonds is 4. The molecule has 4 nitrogen and oxygen atoms in total. The first-order valence-electron chi connectivity index (χ1n) is 8.81. The van der Waals surface area contributed by atoms with Crippen LogP contribution in [-0.2, 0) is 11.2 Å². The summed E-state index contributed by atoms with van der Waals surface area (Å²) in [6, 6.07) is 11.5. The second-order valence-electron chi connectivity index (χ2n) is 6.64. The van der Waals surface area contributed by atoms with Crippen LogP contribution in [0.3, 0.4) is 0 Å². The van der Waals surface area contributed by atoms with E-state index >= 15 is 0 Å². The Labute approximate surface area is 148 Å². The maximum absolute atomic E-state index is 12.5. The zero-order valence-corrected chi connectivity index (χ0v) is 15.1. The highest BCUT2D eigenvalue weighted by molar-refractivity contribution is 6.05. The highest BCUT2D eigenvalue weighted by Crippen LogP contribution is 2.30. The van der Waals surface area contributed by atoms with Gasteiger partial charge in [-0.1, -0.05) is 13.0 Å². The number of fused-ring (bicyclic) bond motifs is 1. The summed E-state index contributed by atoms with van der Waals surface area (Å²) in [7, 11) is 0. The summed E-state index contributed by atoms with van der Waals surface area (Å²) in [5.74, 6) is 0.0709. The van der Waals surface area contributed by atoms with Gasteiger partial charge in [-0.05, 0) is 73.7 Å². The lowest BCUT2D eigenvalue weighted by molar-refractivity contribution is -0.118. The second kappa shape index (κ2) is 7.09. The molecule has 1 aliphatic heterocycles. The highest BCUT2D eigenvalue weighted by Gasteiger charge is 2.23. The Balaban J connectivity index is 1.81. The fourth-order valence-corrected chi connectivity index (χ4v) is 3.19. The van der Waals surface area contributed by atoms with Crippen LogP contribution in [0.2, 0.25) is 0 Å². The third kappa shape index (κ3) is 3.58. The van der Waals surface area contributed by atoms with Crippen molar-refractivity contribution in [2.45, 2.75) is 40.0 Å². The maximum atomic E-state index is 12.5. The molecule has 1 heterocycles. The molecule has 0 bridgehead atoms. The van der Waals surface area contributed by atoms with Crippen molar-refractivity contribution >= 4 is 23.2 Å². The van der Waals surface area contributed by atoms with Gasteiger partial charge in [0.2, 0.25) is 5.91 Å². The number of carbonyl (C=O) groups excluding carboxylic acids is 2. The van der Waals surface area contributed by atoms with Gasteiger partial charge in [-0.15, -0.1) is 0 Å². The predicted octanol–water partition coefficient (Wildman–Crippen LogP) is 4.24. The van der Waals surface area contributed by atoms with Crippen LogP contribution in [0.5, 0.6) is 0 Å². The SMILES string of the molecule is CCCN1C(=O)CCc2cc(NC(=O)c3ccc(C)c(C)c3)ccc21. The van der Waals surface area contributed by atoms with E-state index in [1.165, 1.54) is 5.56 Å². The molecule has 0 fully saturated rings. The minimum Gasteiger partial charge on any atom is -0.322 e. The monoisotopic (exact) mass is 336 g/mol. The van der Waals surface area contributed by atoms with E-state index in [0.717, 1.165) is 41.9 Å². The first-order chi connectivity index (χ1) is 12.0. The van der Waals surface area contributed by atoms with Crippen molar-refractivity contribution < 1.29 is 9.59 Å². The number of amides is 2. The zero-order valence-electron chi connectivity index (χ0n) is 15.1. The van der Waals surface area contributed by atoms with E-state index in [4.69, 9.17) is 0 Å². The number of carbonyl (C=O) groups is 2. The van der Waals surface area contributed by atoms with E-state index in [-0.39, 0.29) is 11.8 Å². The van der Waals surface area contributed by atoms with Gasteiger partial charge >= 0.3 is 0 Å². The number of hydrogen-bond acceptors (Lipinski definition) is 2. The van der Waals surface area contributed by atoms with Gasteiger partial charge in [0, 0.05) is 29.9 Å². The molecule has 4 heteroatoms. The number of nitrogens with zero attached hydrogens (tertiary/aromatic N) is 1. The molecule has 1 aliphatic rings. The minimum atomic E-state index is -0.111. The molecule has 3 rings (SSSR count). The fraction of sp³-hybridized carbons (Fsp3) is 0.333. The van der Waals surface area contributed by atoms with Crippen LogP contribution in [-0.4, -0.2) is 18.4 Å². The van der Waals surface area contributed by atoms with E-state index in [9.17, 15) is 9.59 Å². The molecule has 0 saturated heterocycles. The number of aryl methyl sites for hydroxylation is 3. The van der Waals surface area contributed by atoms with Crippen LogP contribution in [0.1, 0.15) is 46.8 Å². The summed E-state index contributed by atoms with van der Waals surface area (Å²) >= 11 is 0. The van der Waals surface area contributed by atoms with Gasteiger partial charge in [0.15, 0.2) is 0 Å². The van der Waals surface area contributed by atoms with Crippen molar-refractivity contribution in [3.63, 3.8) is 0 Å². The molecule has 0 unspecified atom stereocenters. The molecule has 25 heavy (non-hydrogen) atoms. The molecule has 1 N–H and O–H groups in total. The van der Waals surface area contributed by atoms with Crippen LogP contribution in [0.15, 0.2) is 36.4 Å². The number of nitrogens with one attached hydrogen (secondary N) is 1. The minimum absolute atomic E-state index is 0.111. The third-order valence-electron chi connectivity index (χ3n) is 4.75. The van der Waals surface area contributed by atoms with Crippen molar-refractivity contribution in [3.05, 3.63) is 58.7 Å². The molecule has 0 aliphatic carbocycles. The largest absolute Gasteiger partial charge is 0.322 e. The molecular weight excluding hydrogens is 312 g/mol.